The average molecular weight is 601 g/mol. The van der Waals surface area contributed by atoms with Gasteiger partial charge in [-0.3, -0.25) is 9.36 Å². The molecule has 1 aliphatic rings. The summed E-state index contributed by atoms with van der Waals surface area (Å²) >= 11 is 0. The smallest absolute Gasteiger partial charge is 0.310 e. The lowest BCUT2D eigenvalue weighted by Crippen LogP contribution is -2.49. The lowest BCUT2D eigenvalue weighted by atomic mass is 9.98. The van der Waals surface area contributed by atoms with Crippen molar-refractivity contribution in [2.75, 3.05) is 38.8 Å². The molecule has 0 unspecified atom stereocenters. The molecular weight excluding hydrogens is 571 g/mol. The normalized spacial score (nSPS) is 17.2. The molecular formula is C27H29FN6O7S. The van der Waals surface area contributed by atoms with Crippen molar-refractivity contribution < 1.29 is 36.2 Å². The third kappa shape index (κ3) is 5.77. The van der Waals surface area contributed by atoms with Crippen LogP contribution < -0.4 is 14.4 Å². The molecule has 0 N–H and O–H groups in total. The van der Waals surface area contributed by atoms with E-state index in [0.717, 1.165) is 12.4 Å². The zero-order valence-corrected chi connectivity index (χ0v) is 24.0. The van der Waals surface area contributed by atoms with Gasteiger partial charge >= 0.3 is 5.97 Å². The van der Waals surface area contributed by atoms with Crippen molar-refractivity contribution in [3.8, 4) is 28.8 Å². The fraction of sp³-hybridized carbons (Fsp3) is 0.370. The quantitative estimate of drug-likeness (QED) is 0.246. The van der Waals surface area contributed by atoms with Crippen molar-refractivity contribution in [1.29, 1.82) is 0 Å². The summed E-state index contributed by atoms with van der Waals surface area (Å²) < 4.78 is 65.1. The first kappa shape index (κ1) is 29.0. The molecule has 5 rings (SSSR count). The Kier molecular flexibility index (Phi) is 8.38. The number of furan rings is 1. The predicted octanol–water partition coefficient (Wildman–Crippen LogP) is 2.85. The van der Waals surface area contributed by atoms with E-state index < -0.39 is 38.5 Å². The maximum absolute atomic E-state index is 14.1. The zero-order valence-electron chi connectivity index (χ0n) is 23.1. The minimum Gasteiger partial charge on any atom is -0.494 e. The van der Waals surface area contributed by atoms with Gasteiger partial charge in [0, 0.05) is 13.1 Å². The molecule has 3 aromatic heterocycles. The van der Waals surface area contributed by atoms with Gasteiger partial charge in [0.2, 0.25) is 11.8 Å². The standard InChI is InChI=1S/C27H29FN6O7S/c1-4-40-26(35)17-11-19(15-33(14-17)27-29-12-18(28)13-30-27)42(36,37)16-23-31-32-25(22-9-6-10-41-22)34(23)24-20(38-2)7-5-8-21(24)39-3/h5-10,12-13,17,19H,4,11,14-16H2,1-3H3/t17-,19-/m0/s1. The van der Waals surface area contributed by atoms with Gasteiger partial charge in [0.1, 0.15) is 22.9 Å². The molecule has 4 aromatic rings. The highest BCUT2D eigenvalue weighted by Gasteiger charge is 2.41. The van der Waals surface area contributed by atoms with E-state index in [9.17, 15) is 17.6 Å². The Labute approximate surface area is 241 Å². The van der Waals surface area contributed by atoms with Gasteiger partial charge in [-0.1, -0.05) is 6.07 Å². The van der Waals surface area contributed by atoms with Crippen LogP contribution >= 0.6 is 0 Å². The Hall–Kier alpha value is -4.53. The molecule has 42 heavy (non-hydrogen) atoms. The largest absolute Gasteiger partial charge is 0.494 e. The highest BCUT2D eigenvalue weighted by atomic mass is 32.2. The molecule has 0 spiro atoms. The van der Waals surface area contributed by atoms with E-state index in [2.05, 4.69) is 20.2 Å². The van der Waals surface area contributed by atoms with Crippen LogP contribution in [0.5, 0.6) is 11.5 Å². The minimum absolute atomic E-state index is 0.00994. The maximum atomic E-state index is 14.1. The number of nitrogens with zero attached hydrogens (tertiary/aromatic N) is 6. The Balaban J connectivity index is 1.55. The minimum atomic E-state index is -4.01. The van der Waals surface area contributed by atoms with Crippen molar-refractivity contribution in [1.82, 2.24) is 24.7 Å². The first-order chi connectivity index (χ1) is 20.2. The van der Waals surface area contributed by atoms with Gasteiger partial charge in [-0.2, -0.15) is 0 Å². The highest BCUT2D eigenvalue weighted by Crippen LogP contribution is 2.37. The lowest BCUT2D eigenvalue weighted by Gasteiger charge is -2.36. The summed E-state index contributed by atoms with van der Waals surface area (Å²) in [6.45, 7) is 1.90. The molecule has 0 radical (unpaired) electrons. The monoisotopic (exact) mass is 600 g/mol. The molecule has 1 fully saturated rings. The van der Waals surface area contributed by atoms with Crippen molar-refractivity contribution in [2.24, 2.45) is 5.92 Å². The molecule has 0 aliphatic carbocycles. The third-order valence-corrected chi connectivity index (χ3v) is 8.87. The molecule has 222 valence electrons. The number of halogens is 1. The van der Waals surface area contributed by atoms with Crippen LogP contribution in [0.25, 0.3) is 17.3 Å². The van der Waals surface area contributed by atoms with Crippen molar-refractivity contribution >= 4 is 21.8 Å². The van der Waals surface area contributed by atoms with Crippen LogP contribution in [0.15, 0.2) is 53.4 Å². The molecule has 1 saturated heterocycles. The number of rotatable bonds is 10. The number of para-hydroxylation sites is 1. The first-order valence-corrected chi connectivity index (χ1v) is 14.8. The topological polar surface area (TPSA) is 152 Å². The van der Waals surface area contributed by atoms with Gasteiger partial charge in [-0.05, 0) is 37.6 Å². The van der Waals surface area contributed by atoms with Gasteiger partial charge in [-0.15, -0.1) is 10.2 Å². The summed E-state index contributed by atoms with van der Waals surface area (Å²) in [5, 5.41) is 7.46. The second-order valence-electron chi connectivity index (χ2n) is 9.48. The number of sulfone groups is 1. The van der Waals surface area contributed by atoms with Crippen LogP contribution in [-0.2, 0) is 25.1 Å². The molecule has 1 aromatic carbocycles. The number of esters is 1. The molecule has 15 heteroatoms. The summed E-state index contributed by atoms with van der Waals surface area (Å²) in [4.78, 5) is 22.3. The molecule has 13 nitrogen and oxygen atoms in total. The number of carbonyl (C=O) groups excluding carboxylic acids is 1. The van der Waals surface area contributed by atoms with Gasteiger partial charge in [0.25, 0.3) is 0 Å². The van der Waals surface area contributed by atoms with E-state index in [1.165, 1.54) is 25.0 Å². The van der Waals surface area contributed by atoms with Gasteiger partial charge in [0.15, 0.2) is 27.2 Å². The van der Waals surface area contributed by atoms with Crippen LogP contribution in [0.4, 0.5) is 10.3 Å². The third-order valence-electron chi connectivity index (χ3n) is 6.86. The van der Waals surface area contributed by atoms with Gasteiger partial charge in [0.05, 0.1) is 50.7 Å². The molecule has 2 atom stereocenters. The molecule has 4 heterocycles. The number of aromatic nitrogens is 5. The zero-order chi connectivity index (χ0) is 29.9. The summed E-state index contributed by atoms with van der Waals surface area (Å²) in [5.41, 5.74) is 0.387. The van der Waals surface area contributed by atoms with E-state index in [-0.39, 0.29) is 43.7 Å². The summed E-state index contributed by atoms with van der Waals surface area (Å²) in [5.74, 6) is -0.952. The number of benzene rings is 1. The Morgan fingerprint density at radius 1 is 1.07 bits per heavy atom. The second kappa shape index (κ2) is 12.1. The van der Waals surface area contributed by atoms with Crippen LogP contribution in [-0.4, -0.2) is 78.3 Å². The van der Waals surface area contributed by atoms with Crippen LogP contribution in [0.2, 0.25) is 0 Å². The number of piperidine rings is 1. The predicted molar refractivity (Wildman–Crippen MR) is 148 cm³/mol. The SMILES string of the molecule is CCOC(=O)[C@H]1C[C@H](S(=O)(=O)Cc2nnc(-c3ccco3)n2-c2c(OC)cccc2OC)CN(c2ncc(F)cn2)C1. The summed E-state index contributed by atoms with van der Waals surface area (Å²) in [7, 11) is -1.04. The van der Waals surface area contributed by atoms with E-state index in [4.69, 9.17) is 18.6 Å². The van der Waals surface area contributed by atoms with Crippen LogP contribution in [0, 0.1) is 11.7 Å². The molecule has 0 saturated carbocycles. The Bertz CT molecular complexity index is 1620. The summed E-state index contributed by atoms with van der Waals surface area (Å²) in [6, 6.07) is 8.49. The average Bonchev–Trinajstić information content (AvgIpc) is 3.67. The number of ether oxygens (including phenoxy) is 3. The number of hydrogen-bond acceptors (Lipinski definition) is 12. The van der Waals surface area contributed by atoms with Gasteiger partial charge in [-0.25, -0.2) is 22.8 Å². The first-order valence-electron chi connectivity index (χ1n) is 13.1. The number of methoxy groups -OCH3 is 2. The molecule has 1 aliphatic heterocycles. The maximum Gasteiger partial charge on any atom is 0.310 e. The van der Waals surface area contributed by atoms with Gasteiger partial charge < -0.3 is 23.5 Å². The number of carbonyl (C=O) groups is 1. The van der Waals surface area contributed by atoms with E-state index >= 15 is 0 Å². The van der Waals surface area contributed by atoms with E-state index in [1.54, 1.807) is 42.2 Å². The van der Waals surface area contributed by atoms with Crippen molar-refractivity contribution in [3.05, 3.63) is 60.6 Å². The number of hydrogen-bond donors (Lipinski definition) is 0. The second-order valence-corrected chi connectivity index (χ2v) is 11.8. The van der Waals surface area contributed by atoms with E-state index in [1.807, 2.05) is 0 Å². The number of anilines is 1. The summed E-state index contributed by atoms with van der Waals surface area (Å²) in [6.07, 6.45) is 3.45. The van der Waals surface area contributed by atoms with Crippen LogP contribution in [0.1, 0.15) is 19.2 Å². The molecule has 0 amide bonds. The Morgan fingerprint density at radius 3 is 2.40 bits per heavy atom. The highest BCUT2D eigenvalue weighted by molar-refractivity contribution is 7.91. The van der Waals surface area contributed by atoms with Crippen LogP contribution in [0.3, 0.4) is 0 Å². The van der Waals surface area contributed by atoms with Crippen molar-refractivity contribution in [2.45, 2.75) is 24.3 Å². The van der Waals surface area contributed by atoms with Crippen molar-refractivity contribution in [3.63, 3.8) is 0 Å². The fourth-order valence-corrected chi connectivity index (χ4v) is 6.65. The Morgan fingerprint density at radius 2 is 1.79 bits per heavy atom. The lowest BCUT2D eigenvalue weighted by molar-refractivity contribution is -0.148. The van der Waals surface area contributed by atoms with E-state index in [0.29, 0.717) is 22.9 Å². The fourth-order valence-electron chi connectivity index (χ4n) is 4.94. The molecule has 0 bridgehead atoms.